The number of thiophene rings is 1. The van der Waals surface area contributed by atoms with Crippen molar-refractivity contribution in [3.05, 3.63) is 58.0 Å². The lowest BCUT2D eigenvalue weighted by atomic mass is 10.0. The van der Waals surface area contributed by atoms with E-state index in [2.05, 4.69) is 16.3 Å². The molecule has 2 unspecified atom stereocenters. The summed E-state index contributed by atoms with van der Waals surface area (Å²) in [5.41, 5.74) is 0.648. The SMILES string of the molecule is Fc1ccccc1C1CC(c2cccs2)N=N1. The monoisotopic (exact) mass is 246 g/mol. The highest BCUT2D eigenvalue weighted by atomic mass is 32.1. The van der Waals surface area contributed by atoms with Crippen molar-refractivity contribution in [2.24, 2.45) is 10.2 Å². The van der Waals surface area contributed by atoms with Gasteiger partial charge in [0.1, 0.15) is 17.9 Å². The lowest BCUT2D eigenvalue weighted by molar-refractivity contribution is 0.574. The first kappa shape index (κ1) is 10.6. The molecular formula is C13H11FN2S. The summed E-state index contributed by atoms with van der Waals surface area (Å²) in [6, 6.07) is 10.8. The average Bonchev–Trinajstić information content (AvgIpc) is 3.00. The summed E-state index contributed by atoms with van der Waals surface area (Å²) in [5, 5.41) is 10.5. The maximum absolute atomic E-state index is 13.6. The number of benzene rings is 1. The van der Waals surface area contributed by atoms with Gasteiger partial charge in [-0.2, -0.15) is 10.2 Å². The third-order valence-corrected chi connectivity index (χ3v) is 3.90. The number of rotatable bonds is 2. The Hall–Kier alpha value is -1.55. The predicted octanol–water partition coefficient (Wildman–Crippen LogP) is 4.53. The summed E-state index contributed by atoms with van der Waals surface area (Å²) < 4.78 is 13.6. The molecule has 0 spiro atoms. The van der Waals surface area contributed by atoms with Crippen LogP contribution in [-0.2, 0) is 0 Å². The van der Waals surface area contributed by atoms with Gasteiger partial charge in [-0.05, 0) is 17.5 Å². The first-order valence-corrected chi connectivity index (χ1v) is 6.40. The summed E-state index contributed by atoms with van der Waals surface area (Å²) in [6.07, 6.45) is 0.765. The van der Waals surface area contributed by atoms with Crippen molar-refractivity contribution in [2.75, 3.05) is 0 Å². The second-order valence-corrected chi connectivity index (χ2v) is 5.01. The lowest BCUT2D eigenvalue weighted by Crippen LogP contribution is -1.97. The maximum Gasteiger partial charge on any atom is 0.128 e. The quantitative estimate of drug-likeness (QED) is 0.744. The molecule has 86 valence electrons. The molecule has 1 aliphatic rings. The van der Waals surface area contributed by atoms with Crippen LogP contribution in [0, 0.1) is 5.82 Å². The fourth-order valence-corrected chi connectivity index (χ4v) is 2.83. The van der Waals surface area contributed by atoms with Crippen molar-refractivity contribution >= 4 is 11.3 Å². The molecule has 2 aromatic rings. The van der Waals surface area contributed by atoms with Crippen molar-refractivity contribution in [1.82, 2.24) is 0 Å². The highest BCUT2D eigenvalue weighted by molar-refractivity contribution is 7.10. The van der Waals surface area contributed by atoms with Crippen LogP contribution < -0.4 is 0 Å². The van der Waals surface area contributed by atoms with E-state index in [1.54, 1.807) is 23.5 Å². The van der Waals surface area contributed by atoms with Crippen LogP contribution >= 0.6 is 11.3 Å². The van der Waals surface area contributed by atoms with E-state index in [1.807, 2.05) is 17.5 Å². The highest BCUT2D eigenvalue weighted by Gasteiger charge is 2.26. The fourth-order valence-electron chi connectivity index (χ4n) is 2.06. The first-order valence-electron chi connectivity index (χ1n) is 5.52. The van der Waals surface area contributed by atoms with Gasteiger partial charge in [0, 0.05) is 16.9 Å². The van der Waals surface area contributed by atoms with E-state index >= 15 is 0 Å². The van der Waals surface area contributed by atoms with Crippen LogP contribution in [0.2, 0.25) is 0 Å². The Kier molecular flexibility index (Phi) is 2.73. The second kappa shape index (κ2) is 4.37. The van der Waals surface area contributed by atoms with Crippen LogP contribution in [0.4, 0.5) is 4.39 Å². The molecule has 1 aliphatic heterocycles. The molecule has 0 N–H and O–H groups in total. The molecule has 2 heterocycles. The third kappa shape index (κ3) is 2.00. The largest absolute Gasteiger partial charge is 0.207 e. The summed E-state index contributed by atoms with van der Waals surface area (Å²) in [4.78, 5) is 1.20. The summed E-state index contributed by atoms with van der Waals surface area (Å²) in [6.45, 7) is 0. The zero-order valence-electron chi connectivity index (χ0n) is 9.08. The number of azo groups is 1. The molecule has 1 aromatic heterocycles. The molecule has 4 heteroatoms. The van der Waals surface area contributed by atoms with Gasteiger partial charge < -0.3 is 0 Å². The first-order chi connectivity index (χ1) is 8.34. The molecule has 0 radical (unpaired) electrons. The van der Waals surface area contributed by atoms with Crippen LogP contribution in [0.25, 0.3) is 0 Å². The Balaban J connectivity index is 1.82. The molecule has 0 aliphatic carbocycles. The minimum Gasteiger partial charge on any atom is -0.207 e. The Bertz CT molecular complexity index is 536. The average molecular weight is 246 g/mol. The zero-order valence-corrected chi connectivity index (χ0v) is 9.90. The highest BCUT2D eigenvalue weighted by Crippen LogP contribution is 2.40. The van der Waals surface area contributed by atoms with Gasteiger partial charge >= 0.3 is 0 Å². The standard InChI is InChI=1S/C13H11FN2S/c14-10-5-2-1-4-9(10)11-8-12(16-15-11)13-6-3-7-17-13/h1-7,11-12H,8H2. The molecule has 1 aromatic carbocycles. The van der Waals surface area contributed by atoms with Crippen molar-refractivity contribution in [3.63, 3.8) is 0 Å². The van der Waals surface area contributed by atoms with Crippen LogP contribution in [0.1, 0.15) is 28.9 Å². The van der Waals surface area contributed by atoms with E-state index in [9.17, 15) is 4.39 Å². The van der Waals surface area contributed by atoms with Crippen LogP contribution in [0.15, 0.2) is 52.0 Å². The molecule has 0 saturated carbocycles. The Labute approximate surface area is 103 Å². The molecule has 2 atom stereocenters. The molecule has 3 rings (SSSR count). The Morgan fingerprint density at radius 3 is 2.65 bits per heavy atom. The number of halogens is 1. The van der Waals surface area contributed by atoms with Crippen molar-refractivity contribution < 1.29 is 4.39 Å². The van der Waals surface area contributed by atoms with Gasteiger partial charge in [-0.1, -0.05) is 24.3 Å². The minimum atomic E-state index is -0.191. The lowest BCUT2D eigenvalue weighted by Gasteiger charge is -2.08. The molecule has 0 saturated heterocycles. The Morgan fingerprint density at radius 2 is 1.88 bits per heavy atom. The van der Waals surface area contributed by atoms with Gasteiger partial charge in [0.05, 0.1) is 0 Å². The van der Waals surface area contributed by atoms with Crippen LogP contribution in [0.5, 0.6) is 0 Å². The van der Waals surface area contributed by atoms with Gasteiger partial charge in [0.2, 0.25) is 0 Å². The smallest absolute Gasteiger partial charge is 0.128 e. The van der Waals surface area contributed by atoms with Crippen molar-refractivity contribution in [3.8, 4) is 0 Å². The van der Waals surface area contributed by atoms with E-state index in [-0.39, 0.29) is 17.9 Å². The van der Waals surface area contributed by atoms with Crippen LogP contribution in [-0.4, -0.2) is 0 Å². The van der Waals surface area contributed by atoms with Gasteiger partial charge in [0.15, 0.2) is 0 Å². The van der Waals surface area contributed by atoms with E-state index in [0.29, 0.717) is 5.56 Å². The third-order valence-electron chi connectivity index (χ3n) is 2.93. The van der Waals surface area contributed by atoms with Gasteiger partial charge in [0.25, 0.3) is 0 Å². The molecule has 2 nitrogen and oxygen atoms in total. The van der Waals surface area contributed by atoms with Crippen molar-refractivity contribution in [2.45, 2.75) is 18.5 Å². The minimum absolute atomic E-state index is 0.0969. The number of hydrogen-bond donors (Lipinski definition) is 0. The van der Waals surface area contributed by atoms with E-state index in [1.165, 1.54) is 10.9 Å². The molecule has 17 heavy (non-hydrogen) atoms. The van der Waals surface area contributed by atoms with E-state index in [0.717, 1.165) is 6.42 Å². The van der Waals surface area contributed by atoms with Gasteiger partial charge in [-0.15, -0.1) is 11.3 Å². The summed E-state index contributed by atoms with van der Waals surface area (Å²) >= 11 is 1.67. The second-order valence-electron chi connectivity index (χ2n) is 4.04. The number of hydrogen-bond acceptors (Lipinski definition) is 3. The topological polar surface area (TPSA) is 24.7 Å². The van der Waals surface area contributed by atoms with E-state index < -0.39 is 0 Å². The zero-order chi connectivity index (χ0) is 11.7. The number of nitrogens with zero attached hydrogens (tertiary/aromatic N) is 2. The van der Waals surface area contributed by atoms with Gasteiger partial charge in [-0.3, -0.25) is 0 Å². The fraction of sp³-hybridized carbons (Fsp3) is 0.231. The van der Waals surface area contributed by atoms with Crippen LogP contribution in [0.3, 0.4) is 0 Å². The molecule has 0 fully saturated rings. The predicted molar refractivity (Wildman–Crippen MR) is 65.7 cm³/mol. The molecule has 0 amide bonds. The summed E-state index contributed by atoms with van der Waals surface area (Å²) in [5.74, 6) is -0.191. The molecular weight excluding hydrogens is 235 g/mol. The maximum atomic E-state index is 13.6. The molecule has 0 bridgehead atoms. The normalized spacial score (nSPS) is 23.1. The van der Waals surface area contributed by atoms with Gasteiger partial charge in [-0.25, -0.2) is 4.39 Å². The summed E-state index contributed by atoms with van der Waals surface area (Å²) in [7, 11) is 0. The Morgan fingerprint density at radius 1 is 1.06 bits per heavy atom. The van der Waals surface area contributed by atoms with Crippen molar-refractivity contribution in [1.29, 1.82) is 0 Å². The van der Waals surface area contributed by atoms with E-state index in [4.69, 9.17) is 0 Å².